The van der Waals surface area contributed by atoms with Gasteiger partial charge in [-0.1, -0.05) is 17.7 Å². The molecule has 0 aliphatic rings. The molecule has 0 unspecified atom stereocenters. The monoisotopic (exact) mass is 242 g/mol. The molecule has 0 amide bonds. The summed E-state index contributed by atoms with van der Waals surface area (Å²) in [4.78, 5) is 6.00. The van der Waals surface area contributed by atoms with Gasteiger partial charge in [-0.2, -0.15) is 0 Å². The van der Waals surface area contributed by atoms with Crippen molar-refractivity contribution in [2.24, 2.45) is 0 Å². The second-order valence-electron chi connectivity index (χ2n) is 3.25. The van der Waals surface area contributed by atoms with Gasteiger partial charge in [0, 0.05) is 24.8 Å². The summed E-state index contributed by atoms with van der Waals surface area (Å²) in [5.74, 6) is 0.669. The van der Waals surface area contributed by atoms with E-state index in [1.165, 1.54) is 6.20 Å². The smallest absolute Gasteiger partial charge is 0.129 e. The van der Waals surface area contributed by atoms with Gasteiger partial charge in [0.05, 0.1) is 18.2 Å². The molecular formula is C11H15ClN2O2. The molecule has 0 aliphatic carbocycles. The van der Waals surface area contributed by atoms with Gasteiger partial charge in [0.25, 0.3) is 0 Å². The fourth-order valence-electron chi connectivity index (χ4n) is 1.34. The van der Waals surface area contributed by atoms with Crippen LogP contribution in [-0.2, 0) is 6.61 Å². The van der Waals surface area contributed by atoms with E-state index in [4.69, 9.17) is 21.8 Å². The number of aliphatic hydroxyl groups excluding tert-OH is 2. The van der Waals surface area contributed by atoms with Crippen LogP contribution in [0.5, 0.6) is 0 Å². The highest BCUT2D eigenvalue weighted by Gasteiger charge is 2.08. The molecule has 0 saturated heterocycles. The maximum absolute atomic E-state index is 9.08. The highest BCUT2D eigenvalue weighted by molar-refractivity contribution is 6.31. The Kier molecular flexibility index (Phi) is 5.25. The second kappa shape index (κ2) is 6.48. The summed E-state index contributed by atoms with van der Waals surface area (Å²) >= 11 is 5.84. The van der Waals surface area contributed by atoms with Crippen molar-refractivity contribution in [2.75, 3.05) is 24.6 Å². The second-order valence-corrected chi connectivity index (χ2v) is 3.66. The number of anilines is 1. The van der Waals surface area contributed by atoms with Crippen molar-refractivity contribution in [3.63, 3.8) is 0 Å². The van der Waals surface area contributed by atoms with Crippen molar-refractivity contribution >= 4 is 17.4 Å². The molecule has 0 aromatic carbocycles. The van der Waals surface area contributed by atoms with Gasteiger partial charge in [-0.25, -0.2) is 4.98 Å². The lowest BCUT2D eigenvalue weighted by molar-refractivity contribution is 0.281. The molecule has 5 heteroatoms. The van der Waals surface area contributed by atoms with Crippen LogP contribution in [0.3, 0.4) is 0 Å². The van der Waals surface area contributed by atoms with Gasteiger partial charge in [-0.3, -0.25) is 0 Å². The normalized spacial score (nSPS) is 10.2. The van der Waals surface area contributed by atoms with E-state index in [0.717, 1.165) is 0 Å². The molecule has 0 fully saturated rings. The fourth-order valence-corrected chi connectivity index (χ4v) is 1.50. The van der Waals surface area contributed by atoms with Crippen LogP contribution in [0.4, 0.5) is 5.82 Å². The fraction of sp³-hybridized carbons (Fsp3) is 0.364. The summed E-state index contributed by atoms with van der Waals surface area (Å²) in [5.41, 5.74) is 0.624. The van der Waals surface area contributed by atoms with Crippen molar-refractivity contribution in [1.82, 2.24) is 4.98 Å². The summed E-state index contributed by atoms with van der Waals surface area (Å²) in [6.07, 6.45) is 3.22. The third-order valence-corrected chi connectivity index (χ3v) is 2.47. The Labute approximate surface area is 99.8 Å². The topological polar surface area (TPSA) is 56.6 Å². The Morgan fingerprint density at radius 1 is 1.50 bits per heavy atom. The maximum atomic E-state index is 9.08. The van der Waals surface area contributed by atoms with Crippen LogP contribution in [0.25, 0.3) is 0 Å². The average Bonchev–Trinajstić information content (AvgIpc) is 2.29. The molecule has 2 N–H and O–H groups in total. The summed E-state index contributed by atoms with van der Waals surface area (Å²) < 4.78 is 0. The van der Waals surface area contributed by atoms with Gasteiger partial charge in [0.1, 0.15) is 5.82 Å². The van der Waals surface area contributed by atoms with Gasteiger partial charge in [-0.15, -0.1) is 6.58 Å². The maximum Gasteiger partial charge on any atom is 0.129 e. The van der Waals surface area contributed by atoms with Crippen LogP contribution in [0.1, 0.15) is 5.56 Å². The predicted octanol–water partition coefficient (Wildman–Crippen LogP) is 1.21. The number of hydrogen-bond acceptors (Lipinski definition) is 4. The van der Waals surface area contributed by atoms with Crippen molar-refractivity contribution in [3.05, 3.63) is 35.5 Å². The van der Waals surface area contributed by atoms with Gasteiger partial charge in [0.15, 0.2) is 0 Å². The summed E-state index contributed by atoms with van der Waals surface area (Å²) in [7, 11) is 0. The van der Waals surface area contributed by atoms with Gasteiger partial charge >= 0.3 is 0 Å². The molecule has 1 aromatic rings. The summed E-state index contributed by atoms with van der Waals surface area (Å²) in [6.45, 7) is 4.59. The third kappa shape index (κ3) is 3.20. The minimum absolute atomic E-state index is 0.0343. The minimum atomic E-state index is -0.130. The summed E-state index contributed by atoms with van der Waals surface area (Å²) in [5, 5.41) is 18.4. The Hall–Kier alpha value is -1.10. The zero-order valence-corrected chi connectivity index (χ0v) is 9.69. The van der Waals surface area contributed by atoms with Gasteiger partial charge in [-0.05, 0) is 6.07 Å². The molecule has 0 bridgehead atoms. The summed E-state index contributed by atoms with van der Waals surface area (Å²) in [6, 6.07) is 1.71. The highest BCUT2D eigenvalue weighted by Crippen LogP contribution is 2.20. The number of rotatable bonds is 6. The molecule has 0 saturated carbocycles. The molecular weight excluding hydrogens is 228 g/mol. The Morgan fingerprint density at radius 2 is 2.25 bits per heavy atom. The van der Waals surface area contributed by atoms with Crippen LogP contribution < -0.4 is 4.90 Å². The first-order chi connectivity index (χ1) is 7.72. The van der Waals surface area contributed by atoms with Crippen LogP contribution in [-0.4, -0.2) is 34.9 Å². The lowest BCUT2D eigenvalue weighted by Gasteiger charge is -2.21. The number of aliphatic hydroxyl groups is 2. The van der Waals surface area contributed by atoms with E-state index in [-0.39, 0.29) is 13.2 Å². The third-order valence-electron chi connectivity index (χ3n) is 2.13. The molecule has 16 heavy (non-hydrogen) atoms. The number of nitrogens with zero attached hydrogens (tertiary/aromatic N) is 2. The van der Waals surface area contributed by atoms with E-state index >= 15 is 0 Å². The lowest BCUT2D eigenvalue weighted by atomic mass is 10.2. The first kappa shape index (κ1) is 13.0. The van der Waals surface area contributed by atoms with Crippen molar-refractivity contribution in [1.29, 1.82) is 0 Å². The standard InChI is InChI=1S/C11H15ClN2O2/c1-2-3-14(4-5-15)11-6-9(8-16)10(12)7-13-11/h2,6-7,15-16H,1,3-5,8H2. The molecule has 88 valence electrons. The SMILES string of the molecule is C=CCN(CCO)c1cc(CO)c(Cl)cn1. The van der Waals surface area contributed by atoms with Crippen molar-refractivity contribution in [2.45, 2.75) is 6.61 Å². The molecule has 1 rings (SSSR count). The molecule has 0 atom stereocenters. The number of aromatic nitrogens is 1. The molecule has 0 aliphatic heterocycles. The largest absolute Gasteiger partial charge is 0.395 e. The van der Waals surface area contributed by atoms with E-state index < -0.39 is 0 Å². The molecule has 0 radical (unpaired) electrons. The first-order valence-electron chi connectivity index (χ1n) is 4.95. The quantitative estimate of drug-likeness (QED) is 0.737. The average molecular weight is 243 g/mol. The Balaban J connectivity index is 2.94. The van der Waals surface area contributed by atoms with Crippen LogP contribution in [0.15, 0.2) is 24.9 Å². The molecule has 4 nitrogen and oxygen atoms in total. The number of hydrogen-bond donors (Lipinski definition) is 2. The number of pyridine rings is 1. The number of halogens is 1. The molecule has 0 spiro atoms. The predicted molar refractivity (Wildman–Crippen MR) is 64.7 cm³/mol. The Bertz CT molecular complexity index is 358. The van der Waals surface area contributed by atoms with Gasteiger partial charge in [0.2, 0.25) is 0 Å². The van der Waals surface area contributed by atoms with E-state index in [1.54, 1.807) is 12.1 Å². The Morgan fingerprint density at radius 3 is 2.81 bits per heavy atom. The van der Waals surface area contributed by atoms with E-state index in [1.807, 2.05) is 4.90 Å². The zero-order chi connectivity index (χ0) is 12.0. The van der Waals surface area contributed by atoms with Gasteiger partial charge < -0.3 is 15.1 Å². The van der Waals surface area contributed by atoms with E-state index in [9.17, 15) is 0 Å². The minimum Gasteiger partial charge on any atom is -0.395 e. The van der Waals surface area contributed by atoms with E-state index in [2.05, 4.69) is 11.6 Å². The van der Waals surface area contributed by atoms with Crippen LogP contribution >= 0.6 is 11.6 Å². The zero-order valence-electron chi connectivity index (χ0n) is 8.93. The highest BCUT2D eigenvalue weighted by atomic mass is 35.5. The van der Waals surface area contributed by atoms with Crippen molar-refractivity contribution < 1.29 is 10.2 Å². The van der Waals surface area contributed by atoms with Crippen LogP contribution in [0, 0.1) is 0 Å². The molecule has 1 heterocycles. The lowest BCUT2D eigenvalue weighted by Crippen LogP contribution is -2.27. The van der Waals surface area contributed by atoms with Crippen molar-refractivity contribution in [3.8, 4) is 0 Å². The van der Waals surface area contributed by atoms with E-state index in [0.29, 0.717) is 29.5 Å². The van der Waals surface area contributed by atoms with Crippen LogP contribution in [0.2, 0.25) is 5.02 Å². The molecule has 1 aromatic heterocycles. The first-order valence-corrected chi connectivity index (χ1v) is 5.32.